The molecule has 2 atom stereocenters. The summed E-state index contributed by atoms with van der Waals surface area (Å²) in [5.41, 5.74) is 5.99. The molecular formula is C14H30ClN3O3S. The van der Waals surface area contributed by atoms with Gasteiger partial charge in [-0.1, -0.05) is 20.3 Å². The van der Waals surface area contributed by atoms with Crippen molar-refractivity contribution in [2.75, 3.05) is 25.9 Å². The molecule has 1 amide bonds. The second-order valence-corrected chi connectivity index (χ2v) is 8.20. The third-order valence-electron chi connectivity index (χ3n) is 4.64. The van der Waals surface area contributed by atoms with Crippen molar-refractivity contribution in [1.82, 2.24) is 9.21 Å². The maximum atomic E-state index is 12.3. The molecule has 6 nitrogen and oxygen atoms in total. The van der Waals surface area contributed by atoms with Crippen LogP contribution >= 0.6 is 12.4 Å². The molecule has 0 aromatic rings. The molecule has 0 radical (unpaired) electrons. The number of rotatable bonds is 6. The van der Waals surface area contributed by atoms with Crippen LogP contribution in [0, 0.1) is 5.92 Å². The largest absolute Gasteiger partial charge is 0.341 e. The third kappa shape index (κ3) is 5.08. The molecule has 8 heteroatoms. The first kappa shape index (κ1) is 21.6. The van der Waals surface area contributed by atoms with E-state index in [0.717, 1.165) is 6.42 Å². The first-order chi connectivity index (χ1) is 9.74. The van der Waals surface area contributed by atoms with Gasteiger partial charge < -0.3 is 10.6 Å². The van der Waals surface area contributed by atoms with E-state index in [4.69, 9.17) is 5.73 Å². The van der Waals surface area contributed by atoms with E-state index >= 15 is 0 Å². The minimum Gasteiger partial charge on any atom is -0.341 e. The molecule has 2 unspecified atom stereocenters. The van der Waals surface area contributed by atoms with Gasteiger partial charge in [0.2, 0.25) is 15.9 Å². The van der Waals surface area contributed by atoms with Gasteiger partial charge in [-0.2, -0.15) is 0 Å². The Labute approximate surface area is 140 Å². The maximum Gasteiger partial charge on any atom is 0.239 e. The van der Waals surface area contributed by atoms with Crippen molar-refractivity contribution in [3.05, 3.63) is 0 Å². The summed E-state index contributed by atoms with van der Waals surface area (Å²) >= 11 is 0. The first-order valence-corrected chi connectivity index (χ1v) is 9.35. The Morgan fingerprint density at radius 2 is 1.82 bits per heavy atom. The molecule has 132 valence electrons. The average Bonchev–Trinajstić information content (AvgIpc) is 2.51. The van der Waals surface area contributed by atoms with Crippen LogP contribution in [0.5, 0.6) is 0 Å². The van der Waals surface area contributed by atoms with Gasteiger partial charge in [0, 0.05) is 26.2 Å². The minimum absolute atomic E-state index is 0. The number of piperidine rings is 1. The number of hydrogen-bond acceptors (Lipinski definition) is 4. The van der Waals surface area contributed by atoms with E-state index in [1.165, 1.54) is 4.31 Å². The van der Waals surface area contributed by atoms with Crippen LogP contribution in [0.15, 0.2) is 0 Å². The number of sulfonamides is 1. The van der Waals surface area contributed by atoms with Gasteiger partial charge in [0.25, 0.3) is 0 Å². The Morgan fingerprint density at radius 3 is 2.23 bits per heavy atom. The molecule has 2 N–H and O–H groups in total. The van der Waals surface area contributed by atoms with Crippen molar-refractivity contribution in [2.24, 2.45) is 11.7 Å². The lowest BCUT2D eigenvalue weighted by Gasteiger charge is -2.37. The number of nitrogens with two attached hydrogens (primary N) is 1. The van der Waals surface area contributed by atoms with Crippen LogP contribution in [0.1, 0.15) is 40.0 Å². The lowest BCUT2D eigenvalue weighted by Crippen LogP contribution is -2.52. The summed E-state index contributed by atoms with van der Waals surface area (Å²) in [4.78, 5) is 14.1. The smallest absolute Gasteiger partial charge is 0.239 e. The predicted octanol–water partition coefficient (Wildman–Crippen LogP) is 1.05. The van der Waals surface area contributed by atoms with Gasteiger partial charge in [-0.15, -0.1) is 12.4 Å². The average molecular weight is 356 g/mol. The number of halogens is 1. The van der Waals surface area contributed by atoms with Gasteiger partial charge in [0.05, 0.1) is 11.8 Å². The molecule has 0 saturated carbocycles. The van der Waals surface area contributed by atoms with Gasteiger partial charge in [-0.25, -0.2) is 12.7 Å². The van der Waals surface area contributed by atoms with Gasteiger partial charge in [-0.3, -0.25) is 4.79 Å². The fourth-order valence-corrected chi connectivity index (χ4v) is 3.66. The van der Waals surface area contributed by atoms with Crippen LogP contribution in [0.2, 0.25) is 0 Å². The number of likely N-dealkylation sites (tertiary alicyclic amines) is 1. The molecule has 1 fully saturated rings. The normalized spacial score (nSPS) is 19.6. The lowest BCUT2D eigenvalue weighted by molar-refractivity contribution is -0.135. The zero-order valence-electron chi connectivity index (χ0n) is 14.0. The second-order valence-electron chi connectivity index (χ2n) is 5.88. The number of carbonyl (C=O) groups excluding carboxylic acids is 1. The van der Waals surface area contributed by atoms with Crippen molar-refractivity contribution in [1.29, 1.82) is 0 Å². The maximum absolute atomic E-state index is 12.3. The molecule has 22 heavy (non-hydrogen) atoms. The van der Waals surface area contributed by atoms with Crippen molar-refractivity contribution in [3.8, 4) is 0 Å². The van der Waals surface area contributed by atoms with Crippen LogP contribution in [-0.4, -0.2) is 61.5 Å². The summed E-state index contributed by atoms with van der Waals surface area (Å²) in [6, 6.07) is -0.470. The lowest BCUT2D eigenvalue weighted by atomic mass is 9.97. The standard InChI is InChI=1S/C14H29N3O3S.ClH/c1-5-11(3)13(15)14(18)17-9-7-12(8-10-17)16(4)21(19,20)6-2;/h11-13H,5-10,15H2,1-4H3;1H. The van der Waals surface area contributed by atoms with Gasteiger partial charge in [0.15, 0.2) is 0 Å². The monoisotopic (exact) mass is 355 g/mol. The highest BCUT2D eigenvalue weighted by atomic mass is 35.5. The van der Waals surface area contributed by atoms with E-state index in [-0.39, 0.29) is 36.0 Å². The highest BCUT2D eigenvalue weighted by Crippen LogP contribution is 2.20. The van der Waals surface area contributed by atoms with Crippen molar-refractivity contribution < 1.29 is 13.2 Å². The highest BCUT2D eigenvalue weighted by Gasteiger charge is 2.32. The minimum atomic E-state index is -3.16. The van der Waals surface area contributed by atoms with Gasteiger partial charge in [-0.05, 0) is 25.7 Å². The number of hydrogen-bond donors (Lipinski definition) is 1. The van der Waals surface area contributed by atoms with Gasteiger partial charge >= 0.3 is 0 Å². The Balaban J connectivity index is 0.00000441. The fraction of sp³-hybridized carbons (Fsp3) is 0.929. The van der Waals surface area contributed by atoms with E-state index in [1.807, 2.05) is 13.8 Å². The van der Waals surface area contributed by atoms with Crippen LogP contribution in [0.3, 0.4) is 0 Å². The second kappa shape index (κ2) is 9.05. The van der Waals surface area contributed by atoms with Crippen LogP contribution < -0.4 is 5.73 Å². The molecule has 1 aliphatic rings. The SMILES string of the molecule is CCC(C)C(N)C(=O)N1CCC(N(C)S(=O)(=O)CC)CC1.Cl. The number of nitrogens with zero attached hydrogens (tertiary/aromatic N) is 2. The van der Waals surface area contributed by atoms with E-state index in [0.29, 0.717) is 25.9 Å². The Bertz CT molecular complexity index is 450. The molecule has 1 aliphatic heterocycles. The van der Waals surface area contributed by atoms with Crippen molar-refractivity contribution in [3.63, 3.8) is 0 Å². The predicted molar refractivity (Wildman–Crippen MR) is 91.5 cm³/mol. The highest BCUT2D eigenvalue weighted by molar-refractivity contribution is 7.89. The zero-order valence-corrected chi connectivity index (χ0v) is 15.6. The van der Waals surface area contributed by atoms with Crippen LogP contribution in [-0.2, 0) is 14.8 Å². The Hall–Kier alpha value is -0.370. The summed E-state index contributed by atoms with van der Waals surface area (Å²) in [5, 5.41) is 0. The summed E-state index contributed by atoms with van der Waals surface area (Å²) in [5.74, 6) is 0.267. The number of amides is 1. The van der Waals surface area contributed by atoms with Crippen molar-refractivity contribution in [2.45, 2.75) is 52.1 Å². The first-order valence-electron chi connectivity index (χ1n) is 7.74. The third-order valence-corrected chi connectivity index (χ3v) is 6.54. The Morgan fingerprint density at radius 1 is 1.32 bits per heavy atom. The molecule has 0 spiro atoms. The summed E-state index contributed by atoms with van der Waals surface area (Å²) < 4.78 is 25.2. The molecule has 0 aromatic heterocycles. The topological polar surface area (TPSA) is 83.7 Å². The van der Waals surface area contributed by atoms with Crippen LogP contribution in [0.25, 0.3) is 0 Å². The van der Waals surface area contributed by atoms with Gasteiger partial charge in [0.1, 0.15) is 0 Å². The van der Waals surface area contributed by atoms with E-state index in [2.05, 4.69) is 0 Å². The fourth-order valence-electron chi connectivity index (χ4n) is 2.59. The Kier molecular flexibility index (Phi) is 8.90. The van der Waals surface area contributed by atoms with E-state index < -0.39 is 16.1 Å². The summed E-state index contributed by atoms with van der Waals surface area (Å²) in [6.45, 7) is 6.82. The van der Waals surface area contributed by atoms with Crippen molar-refractivity contribution >= 4 is 28.3 Å². The zero-order chi connectivity index (χ0) is 16.2. The molecular weight excluding hydrogens is 326 g/mol. The molecule has 0 bridgehead atoms. The van der Waals surface area contributed by atoms with E-state index in [1.54, 1.807) is 18.9 Å². The molecule has 1 heterocycles. The number of carbonyl (C=O) groups is 1. The molecule has 1 saturated heterocycles. The quantitative estimate of drug-likeness (QED) is 0.772. The summed E-state index contributed by atoms with van der Waals surface area (Å²) in [6.07, 6.45) is 2.23. The summed E-state index contributed by atoms with van der Waals surface area (Å²) in [7, 11) is -1.53. The van der Waals surface area contributed by atoms with Crippen LogP contribution in [0.4, 0.5) is 0 Å². The molecule has 0 aromatic carbocycles. The molecule has 1 rings (SSSR count). The molecule has 0 aliphatic carbocycles. The van der Waals surface area contributed by atoms with E-state index in [9.17, 15) is 13.2 Å².